The van der Waals surface area contributed by atoms with E-state index in [2.05, 4.69) is 25.6 Å². The molecule has 0 saturated heterocycles. The minimum Gasteiger partial charge on any atom is -0.388 e. The lowest BCUT2D eigenvalue weighted by Crippen LogP contribution is -2.44. The van der Waals surface area contributed by atoms with Crippen LogP contribution in [0.3, 0.4) is 0 Å². The Kier molecular flexibility index (Phi) is 5.10. The molecule has 0 radical (unpaired) electrons. The molecule has 0 aromatic carbocycles. The Morgan fingerprint density at radius 2 is 1.89 bits per heavy atom. The summed E-state index contributed by atoms with van der Waals surface area (Å²) in [6.07, 6.45) is 1.66. The van der Waals surface area contributed by atoms with E-state index in [9.17, 15) is 27.8 Å². The van der Waals surface area contributed by atoms with Gasteiger partial charge in [-0.05, 0) is 38.2 Å². The van der Waals surface area contributed by atoms with Crippen molar-refractivity contribution in [2.45, 2.75) is 74.5 Å². The molecule has 0 amide bonds. The molecule has 13 heteroatoms. The number of aliphatic hydroxyl groups is 2. The Morgan fingerprint density at radius 1 is 1.13 bits per heavy atom. The normalized spacial score (nSPS) is 31.2. The number of hydrogen-bond acceptors (Lipinski definition) is 9. The van der Waals surface area contributed by atoms with Gasteiger partial charge >= 0.3 is 0 Å². The van der Waals surface area contributed by atoms with Gasteiger partial charge < -0.3 is 20.8 Å². The van der Waals surface area contributed by atoms with Crippen LogP contribution in [0.5, 0.6) is 0 Å². The molecule has 4 fully saturated rings. The van der Waals surface area contributed by atoms with Crippen LogP contribution in [0.4, 0.5) is 29.3 Å². The van der Waals surface area contributed by atoms with E-state index in [1.165, 1.54) is 11.3 Å². The maximum absolute atomic E-state index is 14.0. The summed E-state index contributed by atoms with van der Waals surface area (Å²) < 4.78 is 55.5. The number of aromatic nitrogens is 4. The summed E-state index contributed by atoms with van der Waals surface area (Å²) in [5.41, 5.74) is 0.407. The summed E-state index contributed by atoms with van der Waals surface area (Å²) in [7, 11) is 0. The van der Waals surface area contributed by atoms with E-state index in [1.807, 2.05) is 6.07 Å². The van der Waals surface area contributed by atoms with Crippen molar-refractivity contribution in [2.75, 3.05) is 17.2 Å². The number of halogens is 4. The van der Waals surface area contributed by atoms with E-state index < -0.39 is 35.5 Å². The van der Waals surface area contributed by atoms with Gasteiger partial charge in [-0.25, -0.2) is 27.5 Å². The smallest absolute Gasteiger partial charge is 0.285 e. The number of alkyl halides is 4. The lowest BCUT2D eigenvalue weighted by molar-refractivity contribution is -0.106. The minimum absolute atomic E-state index is 0.136. The van der Waals surface area contributed by atoms with Crippen molar-refractivity contribution in [1.82, 2.24) is 19.9 Å². The summed E-state index contributed by atoms with van der Waals surface area (Å²) in [4.78, 5) is 18.5. The maximum Gasteiger partial charge on any atom is 0.285 e. The molecule has 0 aliphatic heterocycles. The number of aryl methyl sites for hydroxylation is 1. The first-order valence-electron chi connectivity index (χ1n) is 12.8. The molecule has 8 nitrogen and oxygen atoms in total. The molecule has 4 aliphatic rings. The van der Waals surface area contributed by atoms with Gasteiger partial charge in [0.25, 0.3) is 5.92 Å². The van der Waals surface area contributed by atoms with Crippen molar-refractivity contribution in [3.8, 4) is 10.6 Å². The summed E-state index contributed by atoms with van der Waals surface area (Å²) in [5, 5.41) is 27.7. The molecule has 3 aromatic rings. The van der Waals surface area contributed by atoms with Crippen LogP contribution in [0.15, 0.2) is 12.3 Å². The number of fused-ring (bicyclic) bond motifs is 2. The fourth-order valence-electron chi connectivity index (χ4n) is 6.03. The van der Waals surface area contributed by atoms with Gasteiger partial charge in [0.2, 0.25) is 11.9 Å². The molecular formula is C25H26F4N6O2S. The third kappa shape index (κ3) is 3.61. The number of aliphatic hydroxyl groups excluding tert-OH is 1. The molecule has 0 unspecified atom stereocenters. The highest BCUT2D eigenvalue weighted by Crippen LogP contribution is 2.67. The summed E-state index contributed by atoms with van der Waals surface area (Å²) in [5.74, 6) is -6.64. The quantitative estimate of drug-likeness (QED) is 0.321. The summed E-state index contributed by atoms with van der Waals surface area (Å²) >= 11 is 1.43. The van der Waals surface area contributed by atoms with Gasteiger partial charge in [0.05, 0.1) is 33.6 Å². The molecule has 7 rings (SSSR count). The van der Waals surface area contributed by atoms with Gasteiger partial charge in [-0.2, -0.15) is 4.98 Å². The van der Waals surface area contributed by atoms with Gasteiger partial charge in [-0.1, -0.05) is 0 Å². The highest BCUT2D eigenvalue weighted by Gasteiger charge is 2.87. The second-order valence-electron chi connectivity index (χ2n) is 11.1. The number of hydrogen-bond donors (Lipinski definition) is 4. The number of rotatable bonds is 7. The van der Waals surface area contributed by atoms with Crippen LogP contribution in [0, 0.1) is 18.8 Å². The van der Waals surface area contributed by atoms with Crippen molar-refractivity contribution in [2.24, 2.45) is 11.8 Å². The van der Waals surface area contributed by atoms with Crippen LogP contribution in [0.1, 0.15) is 49.4 Å². The van der Waals surface area contributed by atoms with Crippen molar-refractivity contribution in [3.63, 3.8) is 0 Å². The Bertz CT molecular complexity index is 1440. The third-order valence-electron chi connectivity index (χ3n) is 8.39. The fraction of sp³-hybridized carbons (Fsp3) is 0.600. The van der Waals surface area contributed by atoms with Crippen LogP contribution in [0.25, 0.3) is 20.8 Å². The topological polar surface area (TPSA) is 116 Å². The molecule has 4 saturated carbocycles. The molecule has 3 heterocycles. The zero-order chi connectivity index (χ0) is 26.6. The molecule has 4 aliphatic carbocycles. The molecule has 0 spiro atoms. The van der Waals surface area contributed by atoms with Crippen LogP contribution in [0.2, 0.25) is 0 Å². The monoisotopic (exact) mass is 550 g/mol. The van der Waals surface area contributed by atoms with Crippen LogP contribution in [-0.2, 0) is 0 Å². The molecule has 202 valence electrons. The Labute approximate surface area is 218 Å². The average Bonchev–Trinajstić information content (AvgIpc) is 3.65. The highest BCUT2D eigenvalue weighted by atomic mass is 32.1. The van der Waals surface area contributed by atoms with Gasteiger partial charge in [0.15, 0.2) is 5.60 Å². The van der Waals surface area contributed by atoms with Crippen LogP contribution >= 0.6 is 11.3 Å². The van der Waals surface area contributed by atoms with Crippen molar-refractivity contribution in [3.05, 3.63) is 23.7 Å². The lowest BCUT2D eigenvalue weighted by Gasteiger charge is -2.34. The molecule has 4 N–H and O–H groups in total. The summed E-state index contributed by atoms with van der Waals surface area (Å²) in [6, 6.07) is 1.02. The predicted octanol–water partition coefficient (Wildman–Crippen LogP) is 4.33. The van der Waals surface area contributed by atoms with Crippen molar-refractivity contribution >= 4 is 33.3 Å². The van der Waals surface area contributed by atoms with Gasteiger partial charge in [-0.3, -0.25) is 4.98 Å². The number of pyridine rings is 1. The SMILES string of the molecule is Cc1nc(NCC2CC(F)(F)C2)nc(N[C@@H]2C[C@@H]3C(F)(F)[C@]3(O)[C@H]2O)c1-c1nc2c(C3CC3)nccc2s1. The summed E-state index contributed by atoms with van der Waals surface area (Å²) in [6.45, 7) is 2.03. The van der Waals surface area contributed by atoms with Crippen LogP contribution < -0.4 is 10.6 Å². The molecule has 4 atom stereocenters. The third-order valence-corrected chi connectivity index (χ3v) is 9.43. The van der Waals surface area contributed by atoms with E-state index >= 15 is 0 Å². The van der Waals surface area contributed by atoms with E-state index in [-0.39, 0.29) is 43.5 Å². The van der Waals surface area contributed by atoms with Gasteiger partial charge in [0, 0.05) is 31.5 Å². The first kappa shape index (κ1) is 24.4. The minimum atomic E-state index is -3.33. The zero-order valence-electron chi connectivity index (χ0n) is 20.4. The molecule has 38 heavy (non-hydrogen) atoms. The fourth-order valence-corrected chi connectivity index (χ4v) is 7.10. The molecule has 3 aromatic heterocycles. The largest absolute Gasteiger partial charge is 0.388 e. The van der Waals surface area contributed by atoms with Crippen molar-refractivity contribution in [1.29, 1.82) is 0 Å². The Balaban J connectivity index is 1.23. The number of nitrogens with one attached hydrogen (secondary N) is 2. The van der Waals surface area contributed by atoms with E-state index in [0.29, 0.717) is 22.2 Å². The standard InChI is InChI=1S/C25H26F4N6O2S/c1-10-16(21-34-18-14(38-21)4-5-30-17(18)12-2-3-12)20(33-13-6-15-24(37,19(13)36)25(15,28)29)35-22(32-10)31-9-11-7-23(26,27)8-11/h4-5,11-13,15,19,36-37H,2-3,6-9H2,1H3,(H2,31,32,33,35)/t13-,15+,19+,24-/m1/s1. The lowest BCUT2D eigenvalue weighted by atomic mass is 9.81. The Morgan fingerprint density at radius 3 is 2.55 bits per heavy atom. The predicted molar refractivity (Wildman–Crippen MR) is 133 cm³/mol. The first-order chi connectivity index (χ1) is 18.0. The molecular weight excluding hydrogens is 524 g/mol. The number of anilines is 2. The molecule has 0 bridgehead atoms. The second kappa shape index (κ2) is 7.95. The first-order valence-corrected chi connectivity index (χ1v) is 13.6. The number of thiazole rings is 1. The zero-order valence-corrected chi connectivity index (χ0v) is 21.2. The van der Waals surface area contributed by atoms with Gasteiger partial charge in [0.1, 0.15) is 22.4 Å². The van der Waals surface area contributed by atoms with Gasteiger partial charge in [-0.15, -0.1) is 11.3 Å². The second-order valence-corrected chi connectivity index (χ2v) is 12.2. The van der Waals surface area contributed by atoms with E-state index in [0.717, 1.165) is 28.8 Å². The number of nitrogens with zero attached hydrogens (tertiary/aromatic N) is 4. The maximum atomic E-state index is 14.0. The van der Waals surface area contributed by atoms with Crippen molar-refractivity contribution < 1.29 is 27.8 Å². The van der Waals surface area contributed by atoms with Crippen LogP contribution in [-0.4, -0.2) is 66.3 Å². The van der Waals surface area contributed by atoms with E-state index in [1.54, 1.807) is 13.1 Å². The highest BCUT2D eigenvalue weighted by molar-refractivity contribution is 7.21. The average molecular weight is 551 g/mol. The van der Waals surface area contributed by atoms with E-state index in [4.69, 9.17) is 4.98 Å². The Hall–Kier alpha value is -2.64.